The molecular formula is C19H25N3O3. The van der Waals surface area contributed by atoms with Crippen LogP contribution in [0.4, 0.5) is 0 Å². The van der Waals surface area contributed by atoms with Crippen molar-refractivity contribution in [1.29, 1.82) is 0 Å². The van der Waals surface area contributed by atoms with Gasteiger partial charge in [-0.05, 0) is 40.7 Å². The van der Waals surface area contributed by atoms with Gasteiger partial charge >= 0.3 is 0 Å². The molecule has 2 atom stereocenters. The predicted molar refractivity (Wildman–Crippen MR) is 96.6 cm³/mol. The molecule has 1 aromatic rings. The SMILES string of the molecule is C=C1c2ccccc2C(=O)N1C(C)C(=O)NC(C)C(=O)NC(C)(C)C. The van der Waals surface area contributed by atoms with Gasteiger partial charge in [-0.2, -0.15) is 0 Å². The molecular weight excluding hydrogens is 318 g/mol. The number of carbonyl (C=O) groups excluding carboxylic acids is 3. The van der Waals surface area contributed by atoms with Crippen LogP contribution in [-0.2, 0) is 9.59 Å². The van der Waals surface area contributed by atoms with E-state index < -0.39 is 18.0 Å². The topological polar surface area (TPSA) is 78.5 Å². The van der Waals surface area contributed by atoms with Gasteiger partial charge in [-0.15, -0.1) is 0 Å². The van der Waals surface area contributed by atoms with Crippen molar-refractivity contribution in [3.63, 3.8) is 0 Å². The first-order chi connectivity index (χ1) is 11.5. The van der Waals surface area contributed by atoms with Crippen LogP contribution in [0.15, 0.2) is 30.8 Å². The molecule has 2 rings (SSSR count). The number of rotatable bonds is 4. The van der Waals surface area contributed by atoms with Crippen LogP contribution in [0.2, 0.25) is 0 Å². The predicted octanol–water partition coefficient (Wildman–Crippen LogP) is 1.92. The van der Waals surface area contributed by atoms with E-state index in [0.29, 0.717) is 11.3 Å². The lowest BCUT2D eigenvalue weighted by atomic mass is 10.1. The van der Waals surface area contributed by atoms with Crippen molar-refractivity contribution in [2.45, 2.75) is 52.2 Å². The zero-order chi connectivity index (χ0) is 18.9. The summed E-state index contributed by atoms with van der Waals surface area (Å²) in [5, 5.41) is 5.47. The number of carbonyl (C=O) groups is 3. The maximum atomic E-state index is 12.6. The Labute approximate surface area is 148 Å². The first-order valence-corrected chi connectivity index (χ1v) is 8.27. The van der Waals surface area contributed by atoms with Crippen molar-refractivity contribution in [3.05, 3.63) is 42.0 Å². The summed E-state index contributed by atoms with van der Waals surface area (Å²) < 4.78 is 0. The fourth-order valence-corrected chi connectivity index (χ4v) is 2.71. The van der Waals surface area contributed by atoms with Gasteiger partial charge in [-0.3, -0.25) is 19.3 Å². The van der Waals surface area contributed by atoms with Crippen LogP contribution in [0.25, 0.3) is 5.70 Å². The molecule has 0 aromatic heterocycles. The summed E-state index contributed by atoms with van der Waals surface area (Å²) in [7, 11) is 0. The monoisotopic (exact) mass is 343 g/mol. The van der Waals surface area contributed by atoms with Crippen LogP contribution >= 0.6 is 0 Å². The molecule has 2 unspecified atom stereocenters. The first-order valence-electron chi connectivity index (χ1n) is 8.27. The number of fused-ring (bicyclic) bond motifs is 1. The minimum atomic E-state index is -0.766. The van der Waals surface area contributed by atoms with E-state index in [1.807, 2.05) is 26.8 Å². The third-order valence-electron chi connectivity index (χ3n) is 3.99. The Bertz CT molecular complexity index is 699. The second-order valence-corrected chi connectivity index (χ2v) is 7.31. The van der Waals surface area contributed by atoms with Crippen LogP contribution < -0.4 is 10.6 Å². The number of amides is 3. The minimum Gasteiger partial charge on any atom is -0.350 e. The Kier molecular flexibility index (Phi) is 5.02. The molecule has 0 saturated carbocycles. The highest BCUT2D eigenvalue weighted by Gasteiger charge is 2.37. The zero-order valence-corrected chi connectivity index (χ0v) is 15.3. The van der Waals surface area contributed by atoms with Gasteiger partial charge < -0.3 is 10.6 Å². The lowest BCUT2D eigenvalue weighted by Crippen LogP contribution is -2.54. The fraction of sp³-hybridized carbons (Fsp3) is 0.421. The number of nitrogens with zero attached hydrogens (tertiary/aromatic N) is 1. The molecule has 1 aromatic carbocycles. The first kappa shape index (κ1) is 18.7. The molecule has 1 aliphatic heterocycles. The molecule has 0 radical (unpaired) electrons. The molecule has 1 heterocycles. The largest absolute Gasteiger partial charge is 0.350 e. The Morgan fingerprint density at radius 3 is 2.16 bits per heavy atom. The maximum Gasteiger partial charge on any atom is 0.259 e. The number of nitrogens with one attached hydrogen (secondary N) is 2. The number of hydrogen-bond acceptors (Lipinski definition) is 3. The highest BCUT2D eigenvalue weighted by atomic mass is 16.2. The highest BCUT2D eigenvalue weighted by Crippen LogP contribution is 2.32. The maximum absolute atomic E-state index is 12.6. The van der Waals surface area contributed by atoms with E-state index >= 15 is 0 Å². The van der Waals surface area contributed by atoms with Gasteiger partial charge in [0.15, 0.2) is 0 Å². The van der Waals surface area contributed by atoms with Gasteiger partial charge in [0, 0.05) is 22.4 Å². The van der Waals surface area contributed by atoms with Gasteiger partial charge in [0.1, 0.15) is 12.1 Å². The Morgan fingerprint density at radius 2 is 1.64 bits per heavy atom. The normalized spacial score (nSPS) is 16.3. The average molecular weight is 343 g/mol. The van der Waals surface area contributed by atoms with Gasteiger partial charge in [-0.25, -0.2) is 0 Å². The van der Waals surface area contributed by atoms with E-state index in [0.717, 1.165) is 5.56 Å². The van der Waals surface area contributed by atoms with Crippen LogP contribution in [-0.4, -0.2) is 40.2 Å². The zero-order valence-electron chi connectivity index (χ0n) is 15.3. The third-order valence-corrected chi connectivity index (χ3v) is 3.99. The molecule has 3 amide bonds. The fourth-order valence-electron chi connectivity index (χ4n) is 2.71. The second-order valence-electron chi connectivity index (χ2n) is 7.31. The molecule has 0 fully saturated rings. The molecule has 25 heavy (non-hydrogen) atoms. The van der Waals surface area contributed by atoms with E-state index in [-0.39, 0.29) is 17.4 Å². The van der Waals surface area contributed by atoms with Crippen molar-refractivity contribution in [1.82, 2.24) is 15.5 Å². The summed E-state index contributed by atoms with van der Waals surface area (Å²) in [5.74, 6) is -0.933. The van der Waals surface area contributed by atoms with Crippen molar-refractivity contribution in [3.8, 4) is 0 Å². The van der Waals surface area contributed by atoms with Crippen LogP contribution in [0.5, 0.6) is 0 Å². The smallest absolute Gasteiger partial charge is 0.259 e. The van der Waals surface area contributed by atoms with Crippen LogP contribution in [0.3, 0.4) is 0 Å². The molecule has 1 aliphatic rings. The van der Waals surface area contributed by atoms with Gasteiger partial charge in [-0.1, -0.05) is 24.8 Å². The Hall–Kier alpha value is -2.63. The summed E-state index contributed by atoms with van der Waals surface area (Å²) in [5.41, 5.74) is 1.37. The Balaban J connectivity index is 2.07. The standard InChI is InChI=1S/C19H25N3O3/c1-11(16(23)21-19(4,5)6)20-17(24)13(3)22-12(2)14-9-7-8-10-15(14)18(22)25/h7-11,13H,2H2,1,3-6H3,(H,20,24)(H,21,23). The van der Waals surface area contributed by atoms with Crippen molar-refractivity contribution < 1.29 is 14.4 Å². The second kappa shape index (κ2) is 6.70. The van der Waals surface area contributed by atoms with Crippen molar-refractivity contribution in [2.75, 3.05) is 0 Å². The molecule has 0 bridgehead atoms. The molecule has 6 nitrogen and oxygen atoms in total. The minimum absolute atomic E-state index is 0.255. The van der Waals surface area contributed by atoms with Crippen molar-refractivity contribution in [2.24, 2.45) is 0 Å². The summed E-state index contributed by atoms with van der Waals surface area (Å²) in [6.45, 7) is 12.8. The summed E-state index contributed by atoms with van der Waals surface area (Å²) in [6, 6.07) is 5.65. The Morgan fingerprint density at radius 1 is 1.08 bits per heavy atom. The molecule has 0 spiro atoms. The van der Waals surface area contributed by atoms with Crippen molar-refractivity contribution >= 4 is 23.4 Å². The average Bonchev–Trinajstić information content (AvgIpc) is 2.77. The summed E-state index contributed by atoms with van der Waals surface area (Å²) >= 11 is 0. The van der Waals surface area contributed by atoms with E-state index in [1.54, 1.807) is 32.0 Å². The van der Waals surface area contributed by atoms with Gasteiger partial charge in [0.25, 0.3) is 5.91 Å². The van der Waals surface area contributed by atoms with Gasteiger partial charge in [0.05, 0.1) is 0 Å². The molecule has 2 N–H and O–H groups in total. The van der Waals surface area contributed by atoms with E-state index in [1.165, 1.54) is 4.90 Å². The lowest BCUT2D eigenvalue weighted by Gasteiger charge is -2.27. The third kappa shape index (κ3) is 3.90. The van der Waals surface area contributed by atoms with E-state index in [4.69, 9.17) is 0 Å². The van der Waals surface area contributed by atoms with Crippen LogP contribution in [0, 0.1) is 0 Å². The summed E-state index contributed by atoms with van der Waals surface area (Å²) in [4.78, 5) is 38.6. The lowest BCUT2D eigenvalue weighted by molar-refractivity contribution is -0.131. The van der Waals surface area contributed by atoms with Gasteiger partial charge in [0.2, 0.25) is 11.8 Å². The molecule has 0 saturated heterocycles. The van der Waals surface area contributed by atoms with Crippen LogP contribution in [0.1, 0.15) is 50.5 Å². The molecule has 0 aliphatic carbocycles. The number of hydrogen-bond donors (Lipinski definition) is 2. The van der Waals surface area contributed by atoms with E-state index in [2.05, 4.69) is 17.2 Å². The molecule has 134 valence electrons. The highest BCUT2D eigenvalue weighted by molar-refractivity contribution is 6.11. The quantitative estimate of drug-likeness (QED) is 0.877. The number of benzene rings is 1. The van der Waals surface area contributed by atoms with E-state index in [9.17, 15) is 14.4 Å². The molecule has 6 heteroatoms. The summed E-state index contributed by atoms with van der Waals surface area (Å²) in [6.07, 6.45) is 0.